The number of ether oxygens (including phenoxy) is 1. The predicted molar refractivity (Wildman–Crippen MR) is 82.4 cm³/mol. The van der Waals surface area contributed by atoms with Gasteiger partial charge in [-0.1, -0.05) is 12.1 Å². The molecular formula is C15H21ClF2N2O2. The molecule has 0 aliphatic carbocycles. The molecular weight excluding hydrogens is 314 g/mol. The maximum absolute atomic E-state index is 12.1. The summed E-state index contributed by atoms with van der Waals surface area (Å²) in [5, 5.41) is 0. The Kier molecular flexibility index (Phi) is 7.55. The van der Waals surface area contributed by atoms with Gasteiger partial charge >= 0.3 is 6.61 Å². The molecule has 1 aromatic rings. The summed E-state index contributed by atoms with van der Waals surface area (Å²) in [6.45, 7) is -0.670. The summed E-state index contributed by atoms with van der Waals surface area (Å²) in [6.07, 6.45) is 1.99. The lowest BCUT2D eigenvalue weighted by Crippen LogP contribution is -2.29. The zero-order valence-corrected chi connectivity index (χ0v) is 13.0. The quantitative estimate of drug-likeness (QED) is 0.869. The molecule has 1 atom stereocenters. The van der Waals surface area contributed by atoms with Crippen LogP contribution < -0.4 is 10.5 Å². The first kappa shape index (κ1) is 18.6. The fourth-order valence-electron chi connectivity index (χ4n) is 2.50. The lowest BCUT2D eigenvalue weighted by molar-refractivity contribution is -0.130. The van der Waals surface area contributed by atoms with Crippen LogP contribution in [-0.4, -0.2) is 37.1 Å². The molecule has 0 bridgehead atoms. The van der Waals surface area contributed by atoms with E-state index in [0.717, 1.165) is 25.1 Å². The highest BCUT2D eigenvalue weighted by Crippen LogP contribution is 2.18. The molecule has 1 aliphatic heterocycles. The second kappa shape index (κ2) is 8.90. The molecule has 2 rings (SSSR count). The minimum atomic E-state index is -2.82. The standard InChI is InChI=1S/C15H20F2N2O2.ClH/c16-15(17)21-13-4-1-11(2-5-13)3-6-14(20)19-8-7-12(9-18)10-19;/h1-2,4-5,12,15H,3,6-10,18H2;1H. The van der Waals surface area contributed by atoms with Crippen LogP contribution in [0.4, 0.5) is 8.78 Å². The van der Waals surface area contributed by atoms with E-state index in [1.54, 1.807) is 12.1 Å². The Balaban J connectivity index is 0.00000242. The summed E-state index contributed by atoms with van der Waals surface area (Å²) < 4.78 is 28.3. The van der Waals surface area contributed by atoms with Crippen molar-refractivity contribution >= 4 is 18.3 Å². The molecule has 0 spiro atoms. The fourth-order valence-corrected chi connectivity index (χ4v) is 2.50. The third-order valence-corrected chi connectivity index (χ3v) is 3.75. The first-order valence-corrected chi connectivity index (χ1v) is 7.10. The van der Waals surface area contributed by atoms with Gasteiger partial charge in [-0.3, -0.25) is 4.79 Å². The van der Waals surface area contributed by atoms with Crippen LogP contribution in [0.5, 0.6) is 5.75 Å². The van der Waals surface area contributed by atoms with Gasteiger partial charge in [-0.2, -0.15) is 8.78 Å². The zero-order chi connectivity index (χ0) is 15.2. The SMILES string of the molecule is Cl.NCC1CCN(C(=O)CCc2ccc(OC(F)F)cc2)C1. The number of alkyl halides is 2. The van der Waals surface area contributed by atoms with Crippen LogP contribution in [0.3, 0.4) is 0 Å². The van der Waals surface area contributed by atoms with Crippen LogP contribution in [0.2, 0.25) is 0 Å². The molecule has 1 amide bonds. The lowest BCUT2D eigenvalue weighted by atomic mass is 10.1. The molecule has 124 valence electrons. The predicted octanol–water partition coefficient (Wildman–Crippen LogP) is 2.45. The number of rotatable bonds is 6. The average molecular weight is 335 g/mol. The number of aryl methyl sites for hydroxylation is 1. The number of nitrogens with zero attached hydrogens (tertiary/aromatic N) is 1. The van der Waals surface area contributed by atoms with Crippen molar-refractivity contribution < 1.29 is 18.3 Å². The van der Waals surface area contributed by atoms with E-state index in [4.69, 9.17) is 5.73 Å². The molecule has 0 radical (unpaired) electrons. The highest BCUT2D eigenvalue weighted by atomic mass is 35.5. The van der Waals surface area contributed by atoms with Gasteiger partial charge in [0.1, 0.15) is 5.75 Å². The van der Waals surface area contributed by atoms with Crippen molar-refractivity contribution in [2.45, 2.75) is 25.9 Å². The molecule has 1 fully saturated rings. The van der Waals surface area contributed by atoms with Gasteiger partial charge in [0.25, 0.3) is 0 Å². The molecule has 0 aromatic heterocycles. The van der Waals surface area contributed by atoms with Gasteiger partial charge < -0.3 is 15.4 Å². The number of nitrogens with two attached hydrogens (primary N) is 1. The molecule has 22 heavy (non-hydrogen) atoms. The van der Waals surface area contributed by atoms with Crippen LogP contribution in [0, 0.1) is 5.92 Å². The van der Waals surface area contributed by atoms with Gasteiger partial charge in [0.2, 0.25) is 5.91 Å². The normalized spacial score (nSPS) is 17.5. The van der Waals surface area contributed by atoms with Crippen molar-refractivity contribution in [1.82, 2.24) is 4.90 Å². The molecule has 1 aromatic carbocycles. The number of amides is 1. The van der Waals surface area contributed by atoms with Gasteiger partial charge in [-0.15, -0.1) is 12.4 Å². The van der Waals surface area contributed by atoms with Crippen molar-refractivity contribution in [1.29, 1.82) is 0 Å². The first-order chi connectivity index (χ1) is 10.1. The molecule has 0 saturated carbocycles. The van der Waals surface area contributed by atoms with E-state index < -0.39 is 6.61 Å². The Morgan fingerprint density at radius 1 is 1.36 bits per heavy atom. The van der Waals surface area contributed by atoms with Gasteiger partial charge in [0.05, 0.1) is 0 Å². The van der Waals surface area contributed by atoms with Crippen LogP contribution in [0.1, 0.15) is 18.4 Å². The summed E-state index contributed by atoms with van der Waals surface area (Å²) >= 11 is 0. The molecule has 1 heterocycles. The summed E-state index contributed by atoms with van der Waals surface area (Å²) in [6, 6.07) is 6.40. The average Bonchev–Trinajstić information content (AvgIpc) is 2.94. The third kappa shape index (κ3) is 5.42. The largest absolute Gasteiger partial charge is 0.435 e. The van der Waals surface area contributed by atoms with Gasteiger partial charge in [0, 0.05) is 19.5 Å². The Hall–Kier alpha value is -1.40. The van der Waals surface area contributed by atoms with Gasteiger partial charge in [-0.05, 0) is 43.0 Å². The summed E-state index contributed by atoms with van der Waals surface area (Å²) in [4.78, 5) is 13.9. The highest BCUT2D eigenvalue weighted by Gasteiger charge is 2.24. The molecule has 1 unspecified atom stereocenters. The Morgan fingerprint density at radius 2 is 2.05 bits per heavy atom. The van der Waals surface area contributed by atoms with Crippen LogP contribution in [-0.2, 0) is 11.2 Å². The number of hydrogen-bond donors (Lipinski definition) is 1. The molecule has 7 heteroatoms. The number of benzene rings is 1. The van der Waals surface area contributed by atoms with Crippen molar-refractivity contribution in [3.05, 3.63) is 29.8 Å². The summed E-state index contributed by atoms with van der Waals surface area (Å²) in [7, 11) is 0. The number of halogens is 3. The minimum absolute atomic E-state index is 0. The number of carbonyl (C=O) groups is 1. The van der Waals surface area contributed by atoms with Gasteiger partial charge in [-0.25, -0.2) is 0 Å². The summed E-state index contributed by atoms with van der Waals surface area (Å²) in [5.74, 6) is 0.670. The monoisotopic (exact) mass is 334 g/mol. The van der Waals surface area contributed by atoms with Crippen molar-refractivity contribution in [2.75, 3.05) is 19.6 Å². The molecule has 1 saturated heterocycles. The van der Waals surface area contributed by atoms with E-state index in [-0.39, 0.29) is 24.1 Å². The van der Waals surface area contributed by atoms with E-state index in [1.165, 1.54) is 12.1 Å². The van der Waals surface area contributed by atoms with Crippen LogP contribution in [0.25, 0.3) is 0 Å². The second-order valence-corrected chi connectivity index (χ2v) is 5.25. The second-order valence-electron chi connectivity index (χ2n) is 5.25. The minimum Gasteiger partial charge on any atom is -0.435 e. The van der Waals surface area contributed by atoms with E-state index in [0.29, 0.717) is 25.3 Å². The Labute approximate surface area is 135 Å². The highest BCUT2D eigenvalue weighted by molar-refractivity contribution is 5.85. The maximum atomic E-state index is 12.1. The maximum Gasteiger partial charge on any atom is 0.387 e. The smallest absolute Gasteiger partial charge is 0.387 e. The van der Waals surface area contributed by atoms with E-state index in [1.807, 2.05) is 4.90 Å². The topological polar surface area (TPSA) is 55.6 Å². The molecule has 1 aliphatic rings. The summed E-state index contributed by atoms with van der Waals surface area (Å²) in [5.41, 5.74) is 6.54. The number of carbonyl (C=O) groups excluding carboxylic acids is 1. The lowest BCUT2D eigenvalue weighted by Gasteiger charge is -2.16. The Morgan fingerprint density at radius 3 is 2.59 bits per heavy atom. The van der Waals surface area contributed by atoms with Crippen molar-refractivity contribution in [3.63, 3.8) is 0 Å². The molecule has 4 nitrogen and oxygen atoms in total. The van der Waals surface area contributed by atoms with Crippen LogP contribution in [0.15, 0.2) is 24.3 Å². The van der Waals surface area contributed by atoms with Crippen LogP contribution >= 0.6 is 12.4 Å². The first-order valence-electron chi connectivity index (χ1n) is 7.10. The zero-order valence-electron chi connectivity index (χ0n) is 12.2. The Bertz CT molecular complexity index is 471. The fraction of sp³-hybridized carbons (Fsp3) is 0.533. The van der Waals surface area contributed by atoms with E-state index in [2.05, 4.69) is 4.74 Å². The number of hydrogen-bond acceptors (Lipinski definition) is 3. The number of likely N-dealkylation sites (tertiary alicyclic amines) is 1. The third-order valence-electron chi connectivity index (χ3n) is 3.75. The molecule has 2 N–H and O–H groups in total. The van der Waals surface area contributed by atoms with Gasteiger partial charge in [0.15, 0.2) is 0 Å². The van der Waals surface area contributed by atoms with E-state index >= 15 is 0 Å². The van der Waals surface area contributed by atoms with Crippen molar-refractivity contribution in [2.24, 2.45) is 11.7 Å². The van der Waals surface area contributed by atoms with E-state index in [9.17, 15) is 13.6 Å². The van der Waals surface area contributed by atoms with Crippen molar-refractivity contribution in [3.8, 4) is 5.75 Å².